The van der Waals surface area contributed by atoms with Crippen molar-refractivity contribution in [2.24, 2.45) is 11.8 Å². The zero-order chi connectivity index (χ0) is 15.3. The molecule has 0 N–H and O–H groups in total. The van der Waals surface area contributed by atoms with E-state index >= 15 is 0 Å². The molecular weight excluding hydrogens is 251 g/mol. The fourth-order valence-corrected chi connectivity index (χ4v) is 3.07. The second-order valence-electron chi connectivity index (χ2n) is 7.53. The predicted molar refractivity (Wildman–Crippen MR) is 81.5 cm³/mol. The average Bonchev–Trinajstić information content (AvgIpc) is 2.51. The Morgan fingerprint density at radius 1 is 1.25 bits per heavy atom. The summed E-state index contributed by atoms with van der Waals surface area (Å²) >= 11 is 0. The minimum atomic E-state index is -0.337. The summed E-state index contributed by atoms with van der Waals surface area (Å²) in [5, 5.41) is 0. The molecule has 0 aromatic rings. The second-order valence-corrected chi connectivity index (χ2v) is 7.53. The standard InChI is InChI=1S/C16H27BO3/c1-10(2)12-8-13(11(3)14(18)9-12)17-19-15(4,5)16(6,7)20-17/h11-13H,1,8-9H2,2-7H3/t11-,12-,13-/m1/s1. The van der Waals surface area contributed by atoms with Crippen LogP contribution in [0.4, 0.5) is 0 Å². The molecule has 0 spiro atoms. The molecule has 1 heterocycles. The van der Waals surface area contributed by atoms with Crippen LogP contribution in [0, 0.1) is 11.8 Å². The van der Waals surface area contributed by atoms with Gasteiger partial charge in [0, 0.05) is 18.2 Å². The molecule has 3 atom stereocenters. The number of carbonyl (C=O) groups is 1. The molecule has 2 fully saturated rings. The van der Waals surface area contributed by atoms with Gasteiger partial charge in [-0.3, -0.25) is 4.79 Å². The minimum absolute atomic E-state index is 0.000278. The number of hydrogen-bond acceptors (Lipinski definition) is 3. The van der Waals surface area contributed by atoms with Crippen LogP contribution in [0.25, 0.3) is 0 Å². The first-order chi connectivity index (χ1) is 9.05. The molecule has 0 aromatic carbocycles. The largest absolute Gasteiger partial charge is 0.461 e. The molecule has 1 saturated heterocycles. The third-order valence-electron chi connectivity index (χ3n) is 5.47. The lowest BCUT2D eigenvalue weighted by molar-refractivity contribution is -0.125. The summed E-state index contributed by atoms with van der Waals surface area (Å²) in [6.07, 6.45) is 1.55. The van der Waals surface area contributed by atoms with Crippen LogP contribution < -0.4 is 0 Å². The Labute approximate surface area is 123 Å². The monoisotopic (exact) mass is 278 g/mol. The summed E-state index contributed by atoms with van der Waals surface area (Å²) < 4.78 is 12.3. The van der Waals surface area contributed by atoms with Crippen molar-refractivity contribution in [1.82, 2.24) is 0 Å². The zero-order valence-electron chi connectivity index (χ0n) is 13.7. The maximum absolute atomic E-state index is 12.2. The highest BCUT2D eigenvalue weighted by Gasteiger charge is 2.56. The SMILES string of the molecule is C=C(C)[C@H]1CC(=O)[C@H](C)[C@H](B2OC(C)(C)C(C)(C)O2)C1. The molecule has 0 amide bonds. The Morgan fingerprint density at radius 3 is 2.20 bits per heavy atom. The number of allylic oxidation sites excluding steroid dienone is 1. The van der Waals surface area contributed by atoms with E-state index in [1.165, 1.54) is 0 Å². The first-order valence-electron chi connectivity index (χ1n) is 7.59. The molecule has 0 aromatic heterocycles. The summed E-state index contributed by atoms with van der Waals surface area (Å²) in [6, 6.07) is 0. The summed E-state index contributed by atoms with van der Waals surface area (Å²) in [4.78, 5) is 12.2. The summed E-state index contributed by atoms with van der Waals surface area (Å²) in [5.74, 6) is 0.700. The smallest absolute Gasteiger partial charge is 0.403 e. The number of ketones is 1. The van der Waals surface area contributed by atoms with E-state index in [1.54, 1.807) is 0 Å². The van der Waals surface area contributed by atoms with Crippen LogP contribution in [0.2, 0.25) is 5.82 Å². The summed E-state index contributed by atoms with van der Waals surface area (Å²) in [5.41, 5.74) is 0.416. The van der Waals surface area contributed by atoms with E-state index in [4.69, 9.17) is 9.31 Å². The molecule has 0 bridgehead atoms. The Hall–Kier alpha value is -0.605. The molecule has 1 saturated carbocycles. The molecule has 3 nitrogen and oxygen atoms in total. The number of Topliss-reactive ketones (excluding diaryl/α,β-unsaturated/α-hetero) is 1. The Morgan fingerprint density at radius 2 is 1.75 bits per heavy atom. The van der Waals surface area contributed by atoms with Gasteiger partial charge in [0.25, 0.3) is 0 Å². The van der Waals surface area contributed by atoms with Gasteiger partial charge in [0.15, 0.2) is 0 Å². The van der Waals surface area contributed by atoms with Crippen molar-refractivity contribution in [2.45, 2.75) is 71.4 Å². The lowest BCUT2D eigenvalue weighted by Crippen LogP contribution is -2.41. The number of carbonyl (C=O) groups excluding carboxylic acids is 1. The lowest BCUT2D eigenvalue weighted by atomic mass is 9.56. The van der Waals surface area contributed by atoms with Crippen molar-refractivity contribution in [3.05, 3.63) is 12.2 Å². The van der Waals surface area contributed by atoms with Gasteiger partial charge in [-0.1, -0.05) is 19.1 Å². The molecule has 0 unspecified atom stereocenters. The van der Waals surface area contributed by atoms with Crippen molar-refractivity contribution in [1.29, 1.82) is 0 Å². The van der Waals surface area contributed by atoms with Gasteiger partial charge >= 0.3 is 7.12 Å². The summed E-state index contributed by atoms with van der Waals surface area (Å²) in [6.45, 7) is 16.3. The van der Waals surface area contributed by atoms with E-state index < -0.39 is 0 Å². The number of hydrogen-bond donors (Lipinski definition) is 0. The molecular formula is C16H27BO3. The van der Waals surface area contributed by atoms with Crippen LogP contribution in [-0.4, -0.2) is 24.1 Å². The van der Waals surface area contributed by atoms with Gasteiger partial charge in [0.2, 0.25) is 0 Å². The highest BCUT2D eigenvalue weighted by atomic mass is 16.7. The molecule has 2 rings (SSSR count). The molecule has 2 aliphatic rings. The van der Waals surface area contributed by atoms with Crippen LogP contribution in [0.3, 0.4) is 0 Å². The molecule has 0 radical (unpaired) electrons. The topological polar surface area (TPSA) is 35.5 Å². The van der Waals surface area contributed by atoms with Crippen molar-refractivity contribution < 1.29 is 14.1 Å². The van der Waals surface area contributed by atoms with E-state index in [1.807, 2.05) is 13.8 Å². The van der Waals surface area contributed by atoms with Gasteiger partial charge in [-0.05, 0) is 47.0 Å². The Balaban J connectivity index is 2.19. The van der Waals surface area contributed by atoms with Crippen LogP contribution in [0.5, 0.6) is 0 Å². The molecule has 1 aliphatic heterocycles. The van der Waals surface area contributed by atoms with Crippen molar-refractivity contribution in [3.63, 3.8) is 0 Å². The van der Waals surface area contributed by atoms with Crippen LogP contribution in [0.1, 0.15) is 54.4 Å². The summed E-state index contributed by atoms with van der Waals surface area (Å²) in [7, 11) is -0.291. The molecule has 112 valence electrons. The third kappa shape index (κ3) is 2.60. The van der Waals surface area contributed by atoms with E-state index in [0.717, 1.165) is 12.0 Å². The highest BCUT2D eigenvalue weighted by molar-refractivity contribution is 6.48. The highest BCUT2D eigenvalue weighted by Crippen LogP contribution is 2.47. The van der Waals surface area contributed by atoms with Gasteiger partial charge < -0.3 is 9.31 Å². The van der Waals surface area contributed by atoms with Gasteiger partial charge in [0.05, 0.1) is 11.2 Å². The van der Waals surface area contributed by atoms with E-state index in [9.17, 15) is 4.79 Å². The fraction of sp³-hybridized carbons (Fsp3) is 0.812. The van der Waals surface area contributed by atoms with Crippen molar-refractivity contribution in [2.75, 3.05) is 0 Å². The van der Waals surface area contributed by atoms with Crippen molar-refractivity contribution >= 4 is 12.9 Å². The first kappa shape index (κ1) is 15.8. The van der Waals surface area contributed by atoms with Gasteiger partial charge in [-0.25, -0.2) is 0 Å². The van der Waals surface area contributed by atoms with E-state index in [0.29, 0.717) is 12.2 Å². The lowest BCUT2D eigenvalue weighted by Gasteiger charge is -2.34. The first-order valence-corrected chi connectivity index (χ1v) is 7.59. The quantitative estimate of drug-likeness (QED) is 0.571. The molecule has 20 heavy (non-hydrogen) atoms. The molecule has 1 aliphatic carbocycles. The number of rotatable bonds is 2. The second kappa shape index (κ2) is 4.99. The molecule has 4 heteroatoms. The normalized spacial score (nSPS) is 36.2. The van der Waals surface area contributed by atoms with Gasteiger partial charge in [-0.15, -0.1) is 0 Å². The third-order valence-corrected chi connectivity index (χ3v) is 5.47. The zero-order valence-corrected chi connectivity index (χ0v) is 13.7. The van der Waals surface area contributed by atoms with Crippen LogP contribution in [0.15, 0.2) is 12.2 Å². The maximum atomic E-state index is 12.2. The maximum Gasteiger partial charge on any atom is 0.461 e. The van der Waals surface area contributed by atoms with E-state index in [2.05, 4.69) is 34.3 Å². The van der Waals surface area contributed by atoms with Crippen molar-refractivity contribution in [3.8, 4) is 0 Å². The van der Waals surface area contributed by atoms with Crippen LogP contribution in [-0.2, 0) is 14.1 Å². The fourth-order valence-electron chi connectivity index (χ4n) is 3.07. The average molecular weight is 278 g/mol. The van der Waals surface area contributed by atoms with Gasteiger partial charge in [0.1, 0.15) is 5.78 Å². The van der Waals surface area contributed by atoms with Crippen LogP contribution >= 0.6 is 0 Å². The van der Waals surface area contributed by atoms with Gasteiger partial charge in [-0.2, -0.15) is 0 Å². The minimum Gasteiger partial charge on any atom is -0.403 e. The predicted octanol–water partition coefficient (Wildman–Crippen LogP) is 3.64. The Bertz CT molecular complexity index is 411. The van der Waals surface area contributed by atoms with E-state index in [-0.39, 0.29) is 36.0 Å². The Kier molecular flexibility index (Phi) is 3.94.